The Kier molecular flexibility index (Phi) is 3.96. The predicted molar refractivity (Wildman–Crippen MR) is 64.3 cm³/mol. The molecule has 1 aliphatic rings. The highest BCUT2D eigenvalue weighted by molar-refractivity contribution is 5.78. The Morgan fingerprint density at radius 1 is 1.53 bits per heavy atom. The predicted octanol–water partition coefficient (Wildman–Crippen LogP) is 2.49. The van der Waals surface area contributed by atoms with Gasteiger partial charge in [0, 0.05) is 12.5 Å². The van der Waals surface area contributed by atoms with E-state index in [4.69, 9.17) is 4.52 Å². The molecule has 4 heteroatoms. The zero-order valence-corrected chi connectivity index (χ0v) is 10.2. The first-order chi connectivity index (χ1) is 8.24. The van der Waals surface area contributed by atoms with Crippen LogP contribution in [-0.4, -0.2) is 11.1 Å². The standard InChI is InChI=1S/C13H18N2O2/c1-10-7-12(15-17-10)9-14-13(16)8-11-5-3-2-4-6-11/h5,7H,2-4,6,8-9H2,1H3,(H,14,16). The molecular weight excluding hydrogens is 216 g/mol. The lowest BCUT2D eigenvalue weighted by atomic mass is 9.97. The number of amides is 1. The summed E-state index contributed by atoms with van der Waals surface area (Å²) < 4.78 is 4.93. The second-order valence-corrected chi connectivity index (χ2v) is 4.49. The number of rotatable bonds is 4. The quantitative estimate of drug-likeness (QED) is 0.814. The maximum atomic E-state index is 11.7. The lowest BCUT2D eigenvalue weighted by Gasteiger charge is -2.11. The first-order valence-electron chi connectivity index (χ1n) is 6.11. The molecule has 0 spiro atoms. The van der Waals surface area contributed by atoms with Gasteiger partial charge in [-0.1, -0.05) is 16.8 Å². The lowest BCUT2D eigenvalue weighted by Crippen LogP contribution is -2.23. The minimum absolute atomic E-state index is 0.0683. The number of allylic oxidation sites excluding steroid dienone is 1. The number of nitrogens with one attached hydrogen (secondary N) is 1. The Bertz CT molecular complexity index is 421. The van der Waals surface area contributed by atoms with Crippen molar-refractivity contribution in [1.82, 2.24) is 10.5 Å². The Morgan fingerprint density at radius 2 is 2.41 bits per heavy atom. The normalized spacial score (nSPS) is 15.5. The van der Waals surface area contributed by atoms with Gasteiger partial charge in [0.2, 0.25) is 5.91 Å². The van der Waals surface area contributed by atoms with E-state index in [0.29, 0.717) is 13.0 Å². The number of nitrogens with zero attached hydrogens (tertiary/aromatic N) is 1. The fourth-order valence-corrected chi connectivity index (χ4v) is 2.02. The van der Waals surface area contributed by atoms with Crippen molar-refractivity contribution in [3.63, 3.8) is 0 Å². The molecule has 1 aromatic rings. The van der Waals surface area contributed by atoms with E-state index in [9.17, 15) is 4.79 Å². The molecule has 0 saturated heterocycles. The van der Waals surface area contributed by atoms with Crippen LogP contribution in [0.2, 0.25) is 0 Å². The molecule has 1 heterocycles. The van der Waals surface area contributed by atoms with Crippen molar-refractivity contribution >= 4 is 5.91 Å². The molecule has 0 atom stereocenters. The number of hydrogen-bond acceptors (Lipinski definition) is 3. The SMILES string of the molecule is Cc1cc(CNC(=O)CC2=CCCCC2)no1. The van der Waals surface area contributed by atoms with Crippen molar-refractivity contribution in [3.05, 3.63) is 29.2 Å². The van der Waals surface area contributed by atoms with Crippen LogP contribution in [0.5, 0.6) is 0 Å². The van der Waals surface area contributed by atoms with E-state index in [2.05, 4.69) is 16.5 Å². The van der Waals surface area contributed by atoms with E-state index in [0.717, 1.165) is 24.3 Å². The van der Waals surface area contributed by atoms with Crippen LogP contribution in [-0.2, 0) is 11.3 Å². The average molecular weight is 234 g/mol. The fourth-order valence-electron chi connectivity index (χ4n) is 2.02. The van der Waals surface area contributed by atoms with E-state index in [1.165, 1.54) is 18.4 Å². The maximum absolute atomic E-state index is 11.7. The van der Waals surface area contributed by atoms with E-state index in [1.807, 2.05) is 13.0 Å². The van der Waals surface area contributed by atoms with Gasteiger partial charge in [0.05, 0.1) is 6.54 Å². The van der Waals surface area contributed by atoms with Crippen LogP contribution in [0, 0.1) is 6.92 Å². The zero-order valence-electron chi connectivity index (χ0n) is 10.2. The molecule has 0 aliphatic heterocycles. The molecule has 1 amide bonds. The number of hydrogen-bond donors (Lipinski definition) is 1. The van der Waals surface area contributed by atoms with Crippen molar-refractivity contribution in [2.75, 3.05) is 0 Å². The summed E-state index contributed by atoms with van der Waals surface area (Å²) in [6.07, 6.45) is 7.37. The van der Waals surface area contributed by atoms with Gasteiger partial charge < -0.3 is 9.84 Å². The molecule has 4 nitrogen and oxygen atoms in total. The van der Waals surface area contributed by atoms with E-state index in [1.54, 1.807) is 0 Å². The molecule has 0 bridgehead atoms. The summed E-state index contributed by atoms with van der Waals surface area (Å²) in [6, 6.07) is 1.83. The van der Waals surface area contributed by atoms with E-state index >= 15 is 0 Å². The van der Waals surface area contributed by atoms with Gasteiger partial charge in [-0.25, -0.2) is 0 Å². The van der Waals surface area contributed by atoms with Gasteiger partial charge in [-0.05, 0) is 32.6 Å². The molecule has 92 valence electrons. The molecule has 2 rings (SSSR count). The van der Waals surface area contributed by atoms with Gasteiger partial charge in [0.1, 0.15) is 11.5 Å². The summed E-state index contributed by atoms with van der Waals surface area (Å²) >= 11 is 0. The van der Waals surface area contributed by atoms with Crippen LogP contribution in [0.15, 0.2) is 22.2 Å². The summed E-state index contributed by atoms with van der Waals surface area (Å²) in [4.78, 5) is 11.7. The van der Waals surface area contributed by atoms with Crippen molar-refractivity contribution < 1.29 is 9.32 Å². The Balaban J connectivity index is 1.75. The molecule has 17 heavy (non-hydrogen) atoms. The van der Waals surface area contributed by atoms with Gasteiger partial charge in [0.25, 0.3) is 0 Å². The van der Waals surface area contributed by atoms with Crippen LogP contribution in [0.1, 0.15) is 43.6 Å². The average Bonchev–Trinajstić information content (AvgIpc) is 2.74. The van der Waals surface area contributed by atoms with Gasteiger partial charge >= 0.3 is 0 Å². The summed E-state index contributed by atoms with van der Waals surface area (Å²) in [6.45, 7) is 2.29. The van der Waals surface area contributed by atoms with Crippen molar-refractivity contribution in [2.24, 2.45) is 0 Å². The second kappa shape index (κ2) is 5.66. The van der Waals surface area contributed by atoms with Gasteiger partial charge in [-0.2, -0.15) is 0 Å². The number of carbonyl (C=O) groups is 1. The zero-order chi connectivity index (χ0) is 12.1. The minimum Gasteiger partial charge on any atom is -0.361 e. The molecule has 0 saturated carbocycles. The summed E-state index contributed by atoms with van der Waals surface area (Å²) in [7, 11) is 0. The largest absolute Gasteiger partial charge is 0.361 e. The third-order valence-corrected chi connectivity index (χ3v) is 2.92. The number of carbonyl (C=O) groups excluding carboxylic acids is 1. The highest BCUT2D eigenvalue weighted by atomic mass is 16.5. The van der Waals surface area contributed by atoms with Crippen LogP contribution >= 0.6 is 0 Å². The highest BCUT2D eigenvalue weighted by Gasteiger charge is 2.09. The van der Waals surface area contributed by atoms with E-state index in [-0.39, 0.29) is 5.91 Å². The second-order valence-electron chi connectivity index (χ2n) is 4.49. The molecule has 1 aromatic heterocycles. The third-order valence-electron chi connectivity index (χ3n) is 2.92. The molecular formula is C13H18N2O2. The van der Waals surface area contributed by atoms with Crippen LogP contribution in [0.4, 0.5) is 0 Å². The first kappa shape index (κ1) is 11.9. The minimum atomic E-state index is 0.0683. The summed E-state index contributed by atoms with van der Waals surface area (Å²) in [5.41, 5.74) is 2.04. The molecule has 0 unspecified atom stereocenters. The van der Waals surface area contributed by atoms with Crippen molar-refractivity contribution in [1.29, 1.82) is 0 Å². The van der Waals surface area contributed by atoms with Gasteiger partial charge in [0.15, 0.2) is 0 Å². The molecule has 1 aliphatic carbocycles. The first-order valence-corrected chi connectivity index (χ1v) is 6.11. The third kappa shape index (κ3) is 3.73. The monoisotopic (exact) mass is 234 g/mol. The Labute approximate surface area is 101 Å². The van der Waals surface area contributed by atoms with Crippen LogP contribution in [0.3, 0.4) is 0 Å². The fraction of sp³-hybridized carbons (Fsp3) is 0.538. The number of aryl methyl sites for hydroxylation is 1. The van der Waals surface area contributed by atoms with Crippen LogP contribution in [0.25, 0.3) is 0 Å². The Morgan fingerprint density at radius 3 is 3.06 bits per heavy atom. The van der Waals surface area contributed by atoms with Gasteiger partial charge in [-0.15, -0.1) is 0 Å². The summed E-state index contributed by atoms with van der Waals surface area (Å²) in [5, 5.41) is 6.69. The van der Waals surface area contributed by atoms with Crippen molar-refractivity contribution in [2.45, 2.75) is 45.6 Å². The molecule has 0 radical (unpaired) electrons. The molecule has 1 N–H and O–H groups in total. The topological polar surface area (TPSA) is 55.1 Å². The van der Waals surface area contributed by atoms with E-state index < -0.39 is 0 Å². The van der Waals surface area contributed by atoms with Gasteiger partial charge in [-0.3, -0.25) is 4.79 Å². The molecule has 0 fully saturated rings. The smallest absolute Gasteiger partial charge is 0.224 e. The highest BCUT2D eigenvalue weighted by Crippen LogP contribution is 2.19. The molecule has 0 aromatic carbocycles. The van der Waals surface area contributed by atoms with Crippen LogP contribution < -0.4 is 5.32 Å². The number of aromatic nitrogens is 1. The maximum Gasteiger partial charge on any atom is 0.224 e. The Hall–Kier alpha value is -1.58. The van der Waals surface area contributed by atoms with Crippen molar-refractivity contribution in [3.8, 4) is 0 Å². The summed E-state index contributed by atoms with van der Waals surface area (Å²) in [5.74, 6) is 0.836. The lowest BCUT2D eigenvalue weighted by molar-refractivity contribution is -0.120.